The number of allylic oxidation sites excluding steroid dienone is 4. The van der Waals surface area contributed by atoms with Gasteiger partial charge in [0.05, 0.1) is 10.8 Å². The zero-order valence-corrected chi connectivity index (χ0v) is 35.3. The molecule has 63 heavy (non-hydrogen) atoms. The molecule has 0 saturated carbocycles. The third kappa shape index (κ3) is 4.17. The first-order valence-corrected chi connectivity index (χ1v) is 23.2. The van der Waals surface area contributed by atoms with Crippen LogP contribution in [0.2, 0.25) is 0 Å². The van der Waals surface area contributed by atoms with Crippen LogP contribution in [-0.4, -0.2) is 0 Å². The maximum absolute atomic E-state index is 2.54. The summed E-state index contributed by atoms with van der Waals surface area (Å²) >= 11 is 1.90. The van der Waals surface area contributed by atoms with E-state index in [2.05, 4.69) is 206 Å². The molecule has 1 aromatic heterocycles. The van der Waals surface area contributed by atoms with Gasteiger partial charge in [-0.3, -0.25) is 0 Å². The van der Waals surface area contributed by atoms with Crippen LogP contribution < -0.4 is 0 Å². The summed E-state index contributed by atoms with van der Waals surface area (Å²) in [5, 5.41) is 2.65. The van der Waals surface area contributed by atoms with Gasteiger partial charge in [0, 0.05) is 20.2 Å². The van der Waals surface area contributed by atoms with Crippen molar-refractivity contribution in [3.05, 3.63) is 256 Å². The second kappa shape index (κ2) is 12.2. The van der Waals surface area contributed by atoms with E-state index in [0.717, 1.165) is 12.8 Å². The summed E-state index contributed by atoms with van der Waals surface area (Å²) in [6.45, 7) is 0. The number of benzene rings is 9. The molecular weight excluding hydrogens is 777 g/mol. The van der Waals surface area contributed by atoms with Crippen molar-refractivity contribution in [3.8, 4) is 55.6 Å². The zero-order chi connectivity index (χ0) is 41.0. The topological polar surface area (TPSA) is 0 Å². The van der Waals surface area contributed by atoms with Crippen LogP contribution in [0.15, 0.2) is 212 Å². The van der Waals surface area contributed by atoms with Crippen LogP contribution in [0.4, 0.5) is 0 Å². The molecule has 0 fully saturated rings. The predicted molar refractivity (Wildman–Crippen MR) is 264 cm³/mol. The Morgan fingerprint density at radius 3 is 1.22 bits per heavy atom. The molecule has 1 heterocycles. The molecule has 0 bridgehead atoms. The van der Waals surface area contributed by atoms with Crippen LogP contribution in [0.3, 0.4) is 0 Å². The molecule has 1 heteroatoms. The summed E-state index contributed by atoms with van der Waals surface area (Å²) in [5.41, 5.74) is 26.7. The third-order valence-electron chi connectivity index (χ3n) is 15.4. The normalized spacial score (nSPS) is 17.5. The van der Waals surface area contributed by atoms with Gasteiger partial charge < -0.3 is 0 Å². The summed E-state index contributed by atoms with van der Waals surface area (Å²) < 4.78 is 2.65. The van der Waals surface area contributed by atoms with Gasteiger partial charge in [0.1, 0.15) is 0 Å². The van der Waals surface area contributed by atoms with Crippen LogP contribution >= 0.6 is 11.3 Å². The highest BCUT2D eigenvalue weighted by Gasteiger charge is 2.53. The Hall–Kier alpha value is -7.32. The lowest BCUT2D eigenvalue weighted by Gasteiger charge is -2.33. The molecule has 292 valence electrons. The van der Waals surface area contributed by atoms with Gasteiger partial charge in [-0.05, 0) is 161 Å². The smallest absolute Gasteiger partial charge is 0.0725 e. The monoisotopic (exact) mass is 814 g/mol. The molecule has 1 atom stereocenters. The fourth-order valence-corrected chi connectivity index (χ4v) is 14.1. The average Bonchev–Trinajstić information content (AvgIpc) is 4.12. The summed E-state index contributed by atoms with van der Waals surface area (Å²) in [6.07, 6.45) is 6.92. The Morgan fingerprint density at radius 2 is 0.714 bits per heavy atom. The third-order valence-corrected chi connectivity index (χ3v) is 16.6. The first-order chi connectivity index (χ1) is 31.2. The summed E-state index contributed by atoms with van der Waals surface area (Å²) in [5.74, 6) is 0. The molecule has 0 aliphatic heterocycles. The minimum absolute atomic E-state index is 0.273. The SMILES string of the molecule is C1=CC2=C(CC1)C1(c3ccccc32)c2ccccc2-c2ccc(-c3ccc4sc5ccc(-c6ccc7c(c6)C6(c8ccccc8-c8ccccc86)c6ccccc6-7)cc5c4c3)cc21. The molecule has 10 aromatic rings. The minimum atomic E-state index is -0.356. The van der Waals surface area contributed by atoms with E-state index in [-0.39, 0.29) is 10.8 Å². The van der Waals surface area contributed by atoms with Gasteiger partial charge in [-0.15, -0.1) is 11.3 Å². The Kier molecular flexibility index (Phi) is 6.64. The van der Waals surface area contributed by atoms with Crippen molar-refractivity contribution in [1.29, 1.82) is 0 Å². The van der Waals surface area contributed by atoms with Crippen LogP contribution in [0, 0.1) is 0 Å². The highest BCUT2D eigenvalue weighted by Crippen LogP contribution is 2.65. The lowest BCUT2D eigenvalue weighted by atomic mass is 9.68. The van der Waals surface area contributed by atoms with Gasteiger partial charge in [-0.25, -0.2) is 0 Å². The standard InChI is InChI=1S/C62H38S/c1-7-19-51-41(13-1)42-14-2-8-20-52(42)61(51)55-23-11-5-17-45(55)47-29-25-39(35-57(47)61)37-27-31-59-49(33-37)50-34-38(28-32-60(50)63-59)40-26-30-48-46-18-6-12-24-56(46)62(58(48)36-40)53-21-9-3-15-43(53)44-16-4-10-22-54(44)62/h1-9,11-21,23-36H,10,22H2. The van der Waals surface area contributed by atoms with E-state index in [1.165, 1.54) is 126 Å². The van der Waals surface area contributed by atoms with Gasteiger partial charge >= 0.3 is 0 Å². The second-order valence-electron chi connectivity index (χ2n) is 18.1. The van der Waals surface area contributed by atoms with Crippen LogP contribution in [0.5, 0.6) is 0 Å². The van der Waals surface area contributed by atoms with Gasteiger partial charge in [-0.2, -0.15) is 0 Å². The molecule has 2 spiro atoms. The summed E-state index contributed by atoms with van der Waals surface area (Å²) in [6, 6.07) is 74.5. The molecule has 5 aliphatic rings. The number of rotatable bonds is 2. The Bertz CT molecular complexity index is 3690. The maximum Gasteiger partial charge on any atom is 0.0725 e. The molecule has 1 unspecified atom stereocenters. The molecule has 9 aromatic carbocycles. The van der Waals surface area contributed by atoms with E-state index >= 15 is 0 Å². The Labute approximate surface area is 370 Å². The van der Waals surface area contributed by atoms with E-state index in [1.54, 1.807) is 5.57 Å². The first kappa shape index (κ1) is 34.3. The van der Waals surface area contributed by atoms with Gasteiger partial charge in [0.25, 0.3) is 0 Å². The summed E-state index contributed by atoms with van der Waals surface area (Å²) in [7, 11) is 0. The molecule has 0 N–H and O–H groups in total. The fraction of sp³-hybridized carbons (Fsp3) is 0.0645. The fourth-order valence-electron chi connectivity index (χ4n) is 13.0. The highest BCUT2D eigenvalue weighted by atomic mass is 32.1. The van der Waals surface area contributed by atoms with Crippen molar-refractivity contribution in [2.75, 3.05) is 0 Å². The first-order valence-electron chi connectivity index (χ1n) is 22.4. The largest absolute Gasteiger partial charge is 0.135 e. The Morgan fingerprint density at radius 1 is 0.333 bits per heavy atom. The van der Waals surface area contributed by atoms with Crippen molar-refractivity contribution in [1.82, 2.24) is 0 Å². The predicted octanol–water partition coefficient (Wildman–Crippen LogP) is 16.2. The number of fused-ring (bicyclic) bond motifs is 22. The number of hydrogen-bond donors (Lipinski definition) is 0. The number of thiophene rings is 1. The van der Waals surface area contributed by atoms with Crippen LogP contribution in [0.25, 0.3) is 81.4 Å². The van der Waals surface area contributed by atoms with Gasteiger partial charge in [0.2, 0.25) is 0 Å². The molecule has 5 aliphatic carbocycles. The second-order valence-corrected chi connectivity index (χ2v) is 19.2. The van der Waals surface area contributed by atoms with Crippen molar-refractivity contribution in [2.45, 2.75) is 23.7 Å². The van der Waals surface area contributed by atoms with Crippen LogP contribution in [0.1, 0.15) is 57.3 Å². The minimum Gasteiger partial charge on any atom is -0.135 e. The van der Waals surface area contributed by atoms with E-state index in [4.69, 9.17) is 0 Å². The van der Waals surface area contributed by atoms with Crippen molar-refractivity contribution >= 4 is 37.1 Å². The van der Waals surface area contributed by atoms with Crippen molar-refractivity contribution in [2.24, 2.45) is 0 Å². The van der Waals surface area contributed by atoms with Crippen molar-refractivity contribution in [3.63, 3.8) is 0 Å². The van der Waals surface area contributed by atoms with Crippen LogP contribution in [-0.2, 0) is 10.8 Å². The Balaban J connectivity index is 0.890. The van der Waals surface area contributed by atoms with Gasteiger partial charge in [0.15, 0.2) is 0 Å². The quantitative estimate of drug-likeness (QED) is 0.163. The molecule has 0 saturated heterocycles. The zero-order valence-electron chi connectivity index (χ0n) is 34.5. The van der Waals surface area contributed by atoms with E-state index in [0.29, 0.717) is 0 Å². The molecule has 15 rings (SSSR count). The van der Waals surface area contributed by atoms with E-state index in [1.807, 2.05) is 11.3 Å². The van der Waals surface area contributed by atoms with Crippen molar-refractivity contribution < 1.29 is 0 Å². The molecule has 0 nitrogen and oxygen atoms in total. The highest BCUT2D eigenvalue weighted by molar-refractivity contribution is 7.25. The average molecular weight is 815 g/mol. The van der Waals surface area contributed by atoms with E-state index < -0.39 is 0 Å². The lowest BCUT2D eigenvalue weighted by Crippen LogP contribution is -2.27. The maximum atomic E-state index is 2.54. The molecular formula is C62H38S. The molecule has 0 amide bonds. The summed E-state index contributed by atoms with van der Waals surface area (Å²) in [4.78, 5) is 0. The molecule has 0 radical (unpaired) electrons. The van der Waals surface area contributed by atoms with E-state index in [9.17, 15) is 0 Å². The number of hydrogen-bond acceptors (Lipinski definition) is 1. The van der Waals surface area contributed by atoms with Gasteiger partial charge in [-0.1, -0.05) is 170 Å². The lowest BCUT2D eigenvalue weighted by molar-refractivity contribution is 0.714.